The van der Waals surface area contributed by atoms with Crippen molar-refractivity contribution in [1.29, 1.82) is 0 Å². The van der Waals surface area contributed by atoms with E-state index in [0.29, 0.717) is 13.1 Å². The molecule has 0 radical (unpaired) electrons. The molecule has 0 aromatic heterocycles. The van der Waals surface area contributed by atoms with Crippen molar-refractivity contribution in [2.45, 2.75) is 39.0 Å². The quantitative estimate of drug-likeness (QED) is 0.308. The van der Waals surface area contributed by atoms with Crippen molar-refractivity contribution < 1.29 is 29.0 Å². The highest BCUT2D eigenvalue weighted by Crippen LogP contribution is 1.98. The monoisotopic (exact) mass is 486 g/mol. The van der Waals surface area contributed by atoms with Crippen molar-refractivity contribution in [1.82, 2.24) is 21.3 Å². The molecule has 10 heteroatoms. The van der Waals surface area contributed by atoms with Crippen molar-refractivity contribution in [3.63, 3.8) is 0 Å². The van der Waals surface area contributed by atoms with Gasteiger partial charge in [-0.05, 0) is 11.1 Å². The molecule has 0 aliphatic carbocycles. The molecule has 0 bridgehead atoms. The Balaban J connectivity index is 0.000000351. The van der Waals surface area contributed by atoms with Crippen LogP contribution in [0.4, 0.5) is 0 Å². The van der Waals surface area contributed by atoms with E-state index in [0.717, 1.165) is 11.1 Å². The van der Waals surface area contributed by atoms with Gasteiger partial charge in [0.1, 0.15) is 12.1 Å². The number of amides is 4. The second-order valence-electron chi connectivity index (χ2n) is 7.55. The standard InChI is InChI=1S/C13H18N2O3.C12H16N2O3/c1-10(16)15-12(9-18-2)13(17)14-8-11-6-4-3-5-7-11;1-9(16)14-11(8-15)12(17)13-7-10-5-3-2-4-6-10/h3-7,12H,8-9H2,1-2H3,(H,14,17)(H,15,16);2-6,11,15H,7-8H2,1H3,(H,13,17)(H,14,16). The lowest BCUT2D eigenvalue weighted by molar-refractivity contribution is -0.129. The molecule has 0 aliphatic heterocycles. The first-order valence-corrected chi connectivity index (χ1v) is 11.0. The summed E-state index contributed by atoms with van der Waals surface area (Å²) in [5, 5.41) is 19.3. The van der Waals surface area contributed by atoms with Crippen molar-refractivity contribution in [2.24, 2.45) is 0 Å². The van der Waals surface area contributed by atoms with E-state index in [9.17, 15) is 19.2 Å². The van der Waals surface area contributed by atoms with Crippen molar-refractivity contribution in [3.05, 3.63) is 71.8 Å². The molecule has 0 spiro atoms. The molecular weight excluding hydrogens is 452 g/mol. The minimum atomic E-state index is -0.892. The Morgan fingerprint density at radius 1 is 0.743 bits per heavy atom. The zero-order valence-corrected chi connectivity index (χ0v) is 20.2. The maximum Gasteiger partial charge on any atom is 0.245 e. The highest BCUT2D eigenvalue weighted by Gasteiger charge is 2.19. The van der Waals surface area contributed by atoms with Crippen LogP contribution in [0.2, 0.25) is 0 Å². The predicted molar refractivity (Wildman–Crippen MR) is 131 cm³/mol. The Kier molecular flexibility index (Phi) is 14.0. The average molecular weight is 487 g/mol. The maximum absolute atomic E-state index is 11.8. The van der Waals surface area contributed by atoms with Crippen molar-refractivity contribution in [3.8, 4) is 0 Å². The predicted octanol–water partition coefficient (Wildman–Crippen LogP) is 0.254. The molecular formula is C25H34N4O6. The molecule has 0 heterocycles. The normalized spacial score (nSPS) is 11.7. The summed E-state index contributed by atoms with van der Waals surface area (Å²) in [6, 6.07) is 17.4. The summed E-state index contributed by atoms with van der Waals surface area (Å²) in [5.74, 6) is -1.26. The Morgan fingerprint density at radius 3 is 1.51 bits per heavy atom. The summed E-state index contributed by atoms with van der Waals surface area (Å²) in [5.41, 5.74) is 1.96. The lowest BCUT2D eigenvalue weighted by Gasteiger charge is -2.16. The van der Waals surface area contributed by atoms with E-state index in [2.05, 4.69) is 21.3 Å². The Hall–Kier alpha value is -3.76. The molecule has 2 atom stereocenters. The molecule has 4 amide bonds. The molecule has 0 saturated carbocycles. The fourth-order valence-corrected chi connectivity index (χ4v) is 2.85. The number of nitrogens with one attached hydrogen (secondary N) is 4. The van der Waals surface area contributed by atoms with E-state index in [4.69, 9.17) is 9.84 Å². The Labute approximate surface area is 205 Å². The summed E-state index contributed by atoms with van der Waals surface area (Å²) >= 11 is 0. The number of hydrogen-bond acceptors (Lipinski definition) is 6. The number of carbonyl (C=O) groups is 4. The summed E-state index contributed by atoms with van der Waals surface area (Å²) in [6.45, 7) is 3.20. The van der Waals surface area contributed by atoms with Crippen LogP contribution in [0.1, 0.15) is 25.0 Å². The second-order valence-corrected chi connectivity index (χ2v) is 7.55. The number of hydrogen-bond donors (Lipinski definition) is 5. The van der Waals surface area contributed by atoms with Crippen LogP contribution in [0.3, 0.4) is 0 Å². The van der Waals surface area contributed by atoms with Gasteiger partial charge in [-0.15, -0.1) is 0 Å². The molecule has 0 aliphatic rings. The summed E-state index contributed by atoms with van der Waals surface area (Å²) in [6.07, 6.45) is 0. The largest absolute Gasteiger partial charge is 0.394 e. The molecule has 35 heavy (non-hydrogen) atoms. The van der Waals surface area contributed by atoms with E-state index < -0.39 is 24.6 Å². The second kappa shape index (κ2) is 16.8. The van der Waals surface area contributed by atoms with Gasteiger partial charge >= 0.3 is 0 Å². The molecule has 2 aromatic carbocycles. The third-order valence-electron chi connectivity index (χ3n) is 4.52. The highest BCUT2D eigenvalue weighted by atomic mass is 16.5. The first kappa shape index (κ1) is 29.3. The van der Waals surface area contributed by atoms with Gasteiger partial charge in [0.25, 0.3) is 0 Å². The van der Waals surface area contributed by atoms with Gasteiger partial charge in [-0.3, -0.25) is 19.2 Å². The summed E-state index contributed by atoms with van der Waals surface area (Å²) in [4.78, 5) is 45.2. The van der Waals surface area contributed by atoms with Crippen molar-refractivity contribution in [2.75, 3.05) is 20.3 Å². The molecule has 190 valence electrons. The van der Waals surface area contributed by atoms with Crippen molar-refractivity contribution >= 4 is 23.6 Å². The molecule has 0 fully saturated rings. The number of benzene rings is 2. The Bertz CT molecular complexity index is 924. The minimum Gasteiger partial charge on any atom is -0.394 e. The van der Waals surface area contributed by atoms with E-state index >= 15 is 0 Å². The van der Waals surface area contributed by atoms with Gasteiger partial charge in [-0.25, -0.2) is 0 Å². The number of ether oxygens (including phenoxy) is 1. The molecule has 10 nitrogen and oxygen atoms in total. The Morgan fingerprint density at radius 2 is 1.14 bits per heavy atom. The maximum atomic E-state index is 11.8. The SMILES string of the molecule is CC(=O)NC(CO)C(=O)NCc1ccccc1.COCC(NC(C)=O)C(=O)NCc1ccccc1. The van der Waals surface area contributed by atoms with Gasteiger partial charge < -0.3 is 31.1 Å². The van der Waals surface area contributed by atoms with Gasteiger partial charge in [-0.2, -0.15) is 0 Å². The number of carbonyl (C=O) groups excluding carboxylic acids is 4. The van der Waals surface area contributed by atoms with E-state index in [1.54, 1.807) is 0 Å². The van der Waals surface area contributed by atoms with Crippen LogP contribution in [0, 0.1) is 0 Å². The number of aliphatic hydroxyl groups is 1. The first-order valence-electron chi connectivity index (χ1n) is 11.0. The molecule has 5 N–H and O–H groups in total. The fourth-order valence-electron chi connectivity index (χ4n) is 2.85. The average Bonchev–Trinajstić information content (AvgIpc) is 2.85. The van der Waals surface area contributed by atoms with Crippen LogP contribution >= 0.6 is 0 Å². The van der Waals surface area contributed by atoms with E-state index in [1.165, 1.54) is 21.0 Å². The van der Waals surface area contributed by atoms with Gasteiger partial charge in [0.15, 0.2) is 0 Å². The third-order valence-corrected chi connectivity index (χ3v) is 4.52. The minimum absolute atomic E-state index is 0.153. The highest BCUT2D eigenvalue weighted by molar-refractivity contribution is 5.87. The van der Waals surface area contributed by atoms with Gasteiger partial charge in [-0.1, -0.05) is 60.7 Å². The third kappa shape index (κ3) is 12.9. The van der Waals surface area contributed by atoms with E-state index in [-0.39, 0.29) is 24.3 Å². The molecule has 2 unspecified atom stereocenters. The molecule has 0 saturated heterocycles. The summed E-state index contributed by atoms with van der Waals surface area (Å²) in [7, 11) is 1.49. The topological polar surface area (TPSA) is 146 Å². The van der Waals surface area contributed by atoms with Crippen LogP contribution in [0.15, 0.2) is 60.7 Å². The smallest absolute Gasteiger partial charge is 0.245 e. The molecule has 2 aromatic rings. The molecule has 2 rings (SSSR count). The number of aliphatic hydroxyl groups excluding tert-OH is 1. The fraction of sp³-hybridized carbons (Fsp3) is 0.360. The number of rotatable bonds is 11. The van der Waals surface area contributed by atoms with Crippen LogP contribution in [-0.2, 0) is 37.0 Å². The zero-order valence-electron chi connectivity index (χ0n) is 20.2. The lowest BCUT2D eigenvalue weighted by Crippen LogP contribution is -2.48. The van der Waals surface area contributed by atoms with Crippen LogP contribution in [0.25, 0.3) is 0 Å². The van der Waals surface area contributed by atoms with Crippen LogP contribution in [0.5, 0.6) is 0 Å². The summed E-state index contributed by atoms with van der Waals surface area (Å²) < 4.78 is 4.90. The van der Waals surface area contributed by atoms with Crippen LogP contribution in [-0.4, -0.2) is 61.1 Å². The van der Waals surface area contributed by atoms with Gasteiger partial charge in [0.2, 0.25) is 23.6 Å². The van der Waals surface area contributed by atoms with Crippen LogP contribution < -0.4 is 21.3 Å². The zero-order chi connectivity index (χ0) is 26.1. The van der Waals surface area contributed by atoms with E-state index in [1.807, 2.05) is 60.7 Å². The lowest BCUT2D eigenvalue weighted by atomic mass is 10.2. The van der Waals surface area contributed by atoms with Gasteiger partial charge in [0, 0.05) is 34.0 Å². The van der Waals surface area contributed by atoms with Gasteiger partial charge in [0.05, 0.1) is 13.2 Å². The number of methoxy groups -OCH3 is 1. The first-order chi connectivity index (χ1) is 16.8.